The van der Waals surface area contributed by atoms with Crippen LogP contribution in [0.5, 0.6) is 0 Å². The van der Waals surface area contributed by atoms with Gasteiger partial charge in [-0.25, -0.2) is 0 Å². The Bertz CT molecular complexity index is 1220. The molecule has 33 heavy (non-hydrogen) atoms. The molecule has 1 heterocycles. The molecular formula is C26H18Cl2N2O3. The van der Waals surface area contributed by atoms with Gasteiger partial charge in [-0.2, -0.15) is 0 Å². The van der Waals surface area contributed by atoms with Crippen LogP contribution in [0.1, 0.15) is 22.3 Å². The summed E-state index contributed by atoms with van der Waals surface area (Å²) in [6, 6.07) is 23.8. The molecule has 7 heteroatoms. The largest absolute Gasteiger partial charge is 0.325 e. The van der Waals surface area contributed by atoms with E-state index in [0.29, 0.717) is 5.69 Å². The van der Waals surface area contributed by atoms with Crippen molar-refractivity contribution in [2.45, 2.75) is 9.75 Å². The average molecular weight is 477 g/mol. The molecule has 1 N–H and O–H groups in total. The van der Waals surface area contributed by atoms with E-state index in [0.717, 1.165) is 27.2 Å². The normalized spacial score (nSPS) is 28.8. The first-order valence-electron chi connectivity index (χ1n) is 10.7. The third kappa shape index (κ3) is 2.52. The number of nitrogens with one attached hydrogen (secondary N) is 1. The number of imide groups is 1. The second-order valence-electron chi connectivity index (χ2n) is 8.65. The van der Waals surface area contributed by atoms with Gasteiger partial charge in [-0.15, -0.1) is 23.2 Å². The molecule has 2 atom stereocenters. The molecule has 5 nitrogen and oxygen atoms in total. The molecular weight excluding hydrogens is 459 g/mol. The van der Waals surface area contributed by atoms with E-state index in [2.05, 4.69) is 5.32 Å². The molecule has 0 saturated carbocycles. The number of nitrogens with zero attached hydrogens (tertiary/aromatic N) is 1. The zero-order valence-corrected chi connectivity index (χ0v) is 18.8. The van der Waals surface area contributed by atoms with Crippen LogP contribution in [0.4, 0.5) is 5.69 Å². The number of amides is 3. The number of benzene rings is 3. The van der Waals surface area contributed by atoms with E-state index in [1.165, 1.54) is 0 Å². The first kappa shape index (κ1) is 20.5. The average Bonchev–Trinajstić information content (AvgIpc) is 3.09. The SMILES string of the molecule is O=C(CN1C(=O)[C@@H]2[C@@H](C1=O)C1(Cl)c3ccccc3C2(Cl)c2ccccc21)Nc1ccccc1. The van der Waals surface area contributed by atoms with Gasteiger partial charge in [0.1, 0.15) is 16.3 Å². The number of halogens is 2. The maximum atomic E-state index is 13.7. The van der Waals surface area contributed by atoms with Gasteiger partial charge in [0.2, 0.25) is 17.7 Å². The topological polar surface area (TPSA) is 66.5 Å². The number of carbonyl (C=O) groups excluding carboxylic acids is 3. The standard InChI is InChI=1S/C26H18Cl2N2O3/c27-25-16-10-4-5-11-17(16)26(28,19-13-7-6-12-18(19)25)22-21(25)23(32)30(24(22)33)14-20(31)29-15-8-2-1-3-9-15/h1-13,21-22H,14H2,(H,29,31)/t21-,22-,25?,26?/m0/s1. The molecule has 0 spiro atoms. The zero-order chi connectivity index (χ0) is 23.0. The zero-order valence-electron chi connectivity index (χ0n) is 17.3. The summed E-state index contributed by atoms with van der Waals surface area (Å²) >= 11 is 14.7. The third-order valence-corrected chi connectivity index (χ3v) is 8.32. The summed E-state index contributed by atoms with van der Waals surface area (Å²) in [6.45, 7) is -0.397. The predicted molar refractivity (Wildman–Crippen MR) is 125 cm³/mol. The summed E-state index contributed by atoms with van der Waals surface area (Å²) in [4.78, 5) is 38.6. The van der Waals surface area contributed by atoms with Crippen molar-refractivity contribution in [2.24, 2.45) is 11.8 Å². The van der Waals surface area contributed by atoms with Crippen molar-refractivity contribution in [1.82, 2.24) is 4.90 Å². The lowest BCUT2D eigenvalue weighted by Gasteiger charge is -2.54. The maximum absolute atomic E-state index is 13.7. The molecule has 0 unspecified atom stereocenters. The van der Waals surface area contributed by atoms with Gasteiger partial charge >= 0.3 is 0 Å². The van der Waals surface area contributed by atoms with Gasteiger partial charge in [-0.1, -0.05) is 66.7 Å². The fourth-order valence-corrected chi connectivity index (χ4v) is 6.84. The summed E-state index contributed by atoms with van der Waals surface area (Å²) in [5.41, 5.74) is 3.52. The van der Waals surface area contributed by atoms with Gasteiger partial charge in [-0.3, -0.25) is 19.3 Å². The lowest BCUT2D eigenvalue weighted by Crippen LogP contribution is -2.57. The van der Waals surface area contributed by atoms with E-state index >= 15 is 0 Å². The highest BCUT2D eigenvalue weighted by Gasteiger charge is 2.73. The van der Waals surface area contributed by atoms with Crippen molar-refractivity contribution in [3.05, 3.63) is 101 Å². The molecule has 3 aromatic carbocycles. The summed E-state index contributed by atoms with van der Waals surface area (Å²) < 4.78 is 0. The number of hydrogen-bond acceptors (Lipinski definition) is 3. The van der Waals surface area contributed by atoms with Crippen LogP contribution in [0.3, 0.4) is 0 Å². The number of para-hydroxylation sites is 1. The fraction of sp³-hybridized carbons (Fsp3) is 0.192. The third-order valence-electron chi connectivity index (χ3n) is 7.04. The van der Waals surface area contributed by atoms with Crippen molar-refractivity contribution in [3.8, 4) is 0 Å². The highest BCUT2D eigenvalue weighted by Crippen LogP contribution is 2.69. The molecule has 3 aliphatic carbocycles. The Balaban J connectivity index is 1.45. The van der Waals surface area contributed by atoms with E-state index in [-0.39, 0.29) is 0 Å². The van der Waals surface area contributed by atoms with Crippen LogP contribution in [-0.4, -0.2) is 29.2 Å². The molecule has 1 fully saturated rings. The first-order chi connectivity index (χ1) is 15.9. The number of alkyl halides is 2. The highest BCUT2D eigenvalue weighted by atomic mass is 35.5. The molecule has 0 radical (unpaired) electrons. The van der Waals surface area contributed by atoms with Crippen LogP contribution < -0.4 is 5.32 Å². The van der Waals surface area contributed by atoms with Gasteiger partial charge in [0.15, 0.2) is 0 Å². The van der Waals surface area contributed by atoms with Gasteiger partial charge in [0, 0.05) is 5.69 Å². The summed E-state index contributed by atoms with van der Waals surface area (Å²) in [5.74, 6) is -3.22. The fourth-order valence-electron chi connectivity index (χ4n) is 5.75. The minimum atomic E-state index is -1.24. The molecule has 3 amide bonds. The van der Waals surface area contributed by atoms with Crippen molar-refractivity contribution in [2.75, 3.05) is 11.9 Å². The lowest BCUT2D eigenvalue weighted by atomic mass is 9.54. The van der Waals surface area contributed by atoms with E-state index in [4.69, 9.17) is 23.2 Å². The van der Waals surface area contributed by atoms with E-state index in [9.17, 15) is 14.4 Å². The Morgan fingerprint density at radius 3 is 1.55 bits per heavy atom. The van der Waals surface area contributed by atoms with Crippen LogP contribution in [0, 0.1) is 11.8 Å². The van der Waals surface area contributed by atoms with E-state index < -0.39 is 45.9 Å². The second kappa shape index (κ2) is 6.92. The number of likely N-dealkylation sites (tertiary alicyclic amines) is 1. The summed E-state index contributed by atoms with van der Waals surface area (Å²) in [7, 11) is 0. The molecule has 1 aliphatic heterocycles. The van der Waals surface area contributed by atoms with E-state index in [1.807, 2.05) is 54.6 Å². The Morgan fingerprint density at radius 2 is 1.12 bits per heavy atom. The minimum absolute atomic E-state index is 0.397. The monoisotopic (exact) mass is 476 g/mol. The molecule has 0 aromatic heterocycles. The molecule has 164 valence electrons. The van der Waals surface area contributed by atoms with E-state index in [1.54, 1.807) is 24.3 Å². The highest BCUT2D eigenvalue weighted by molar-refractivity contribution is 6.36. The molecule has 2 bridgehead atoms. The van der Waals surface area contributed by atoms with Gasteiger partial charge in [-0.05, 0) is 34.4 Å². The quantitative estimate of drug-likeness (QED) is 0.454. The second-order valence-corrected chi connectivity index (χ2v) is 9.84. The summed E-state index contributed by atoms with van der Waals surface area (Å²) in [5, 5.41) is 2.73. The summed E-state index contributed by atoms with van der Waals surface area (Å²) in [6.07, 6.45) is 0. The Labute approximate surface area is 200 Å². The van der Waals surface area contributed by atoms with Crippen LogP contribution in [0.2, 0.25) is 0 Å². The van der Waals surface area contributed by atoms with Crippen molar-refractivity contribution in [1.29, 1.82) is 0 Å². The van der Waals surface area contributed by atoms with Crippen molar-refractivity contribution < 1.29 is 14.4 Å². The van der Waals surface area contributed by atoms with Gasteiger partial charge < -0.3 is 5.32 Å². The van der Waals surface area contributed by atoms with Crippen LogP contribution >= 0.6 is 23.2 Å². The first-order valence-corrected chi connectivity index (χ1v) is 11.4. The Hall–Kier alpha value is -3.15. The van der Waals surface area contributed by atoms with Gasteiger partial charge in [0.05, 0.1) is 11.8 Å². The molecule has 4 aliphatic rings. The minimum Gasteiger partial charge on any atom is -0.325 e. The van der Waals surface area contributed by atoms with Crippen LogP contribution in [0.25, 0.3) is 0 Å². The van der Waals surface area contributed by atoms with Crippen LogP contribution in [0.15, 0.2) is 78.9 Å². The molecule has 1 saturated heterocycles. The number of anilines is 1. The maximum Gasteiger partial charge on any atom is 0.244 e. The predicted octanol–water partition coefficient (Wildman–Crippen LogP) is 4.22. The smallest absolute Gasteiger partial charge is 0.244 e. The molecule has 3 aromatic rings. The lowest BCUT2D eigenvalue weighted by molar-refractivity contribution is -0.142. The Morgan fingerprint density at radius 1 is 0.727 bits per heavy atom. The van der Waals surface area contributed by atoms with Crippen LogP contribution in [-0.2, 0) is 24.1 Å². The molecule has 7 rings (SSSR count). The Kier molecular flexibility index (Phi) is 4.29. The van der Waals surface area contributed by atoms with Crippen molar-refractivity contribution >= 4 is 46.6 Å². The van der Waals surface area contributed by atoms with Gasteiger partial charge in [0.25, 0.3) is 0 Å². The number of carbonyl (C=O) groups is 3. The number of hydrogen-bond donors (Lipinski definition) is 1. The number of rotatable bonds is 3. The van der Waals surface area contributed by atoms with Crippen molar-refractivity contribution in [3.63, 3.8) is 0 Å².